The molecule has 0 saturated heterocycles. The fourth-order valence-corrected chi connectivity index (χ4v) is 0.201. The molecule has 0 saturated carbocycles. The second-order valence-corrected chi connectivity index (χ2v) is 1.24. The summed E-state index contributed by atoms with van der Waals surface area (Å²) < 4.78 is 4.29. The average molecular weight is 131 g/mol. The molecule has 0 bridgehead atoms. The molecule has 4 heteroatoms. The summed E-state index contributed by atoms with van der Waals surface area (Å²) in [4.78, 5) is 14.5. The average Bonchev–Trinajstić information content (AvgIpc) is 1.80. The first-order valence-corrected chi connectivity index (χ1v) is 2.58. The number of carbonyl (C=O) groups is 1. The second-order valence-electron chi connectivity index (χ2n) is 1.24. The third kappa shape index (κ3) is 6.94. The molecule has 0 aromatic carbocycles. The zero-order chi connectivity index (χ0) is 7.11. The number of hydrogen-bond acceptors (Lipinski definition) is 4. The van der Waals surface area contributed by atoms with Crippen LogP contribution < -0.4 is 0 Å². The van der Waals surface area contributed by atoms with Crippen LogP contribution in [-0.2, 0) is 14.4 Å². The summed E-state index contributed by atoms with van der Waals surface area (Å²) in [6.45, 7) is 3.54. The third-order valence-electron chi connectivity index (χ3n) is 0.465. The number of rotatable bonds is 3. The Morgan fingerprint density at radius 1 is 1.78 bits per heavy atom. The first-order chi connectivity index (χ1) is 4.27. The van der Waals surface area contributed by atoms with Gasteiger partial charge in [-0.05, 0) is 6.92 Å². The number of oxime groups is 1. The second kappa shape index (κ2) is 5.08. The van der Waals surface area contributed by atoms with Gasteiger partial charge in [0, 0.05) is 6.92 Å². The first-order valence-electron chi connectivity index (χ1n) is 2.58. The van der Waals surface area contributed by atoms with Crippen LogP contribution in [0.1, 0.15) is 13.8 Å². The summed E-state index contributed by atoms with van der Waals surface area (Å²) in [7, 11) is 0. The summed E-state index contributed by atoms with van der Waals surface area (Å²) in [5, 5.41) is 3.26. The fraction of sp³-hybridized carbons (Fsp3) is 0.600. The van der Waals surface area contributed by atoms with Crippen LogP contribution in [0.4, 0.5) is 0 Å². The van der Waals surface area contributed by atoms with Crippen LogP contribution in [0.5, 0.6) is 0 Å². The highest BCUT2D eigenvalue weighted by Crippen LogP contribution is 1.73. The standard InChI is InChI=1S/C5H9NO3/c1-3-9-6-4-8-5(2)7/h4H,3H2,1-2H3. The van der Waals surface area contributed by atoms with Crippen LogP contribution in [0.3, 0.4) is 0 Å². The lowest BCUT2D eigenvalue weighted by molar-refractivity contribution is -0.132. The summed E-state index contributed by atoms with van der Waals surface area (Å²) in [6, 6.07) is 0. The summed E-state index contributed by atoms with van der Waals surface area (Å²) in [5.41, 5.74) is 0. The lowest BCUT2D eigenvalue weighted by atomic mass is 10.8. The Morgan fingerprint density at radius 2 is 2.44 bits per heavy atom. The van der Waals surface area contributed by atoms with Gasteiger partial charge in [-0.2, -0.15) is 0 Å². The lowest BCUT2D eigenvalue weighted by Gasteiger charge is -1.89. The molecule has 9 heavy (non-hydrogen) atoms. The Balaban J connectivity index is 3.14. The zero-order valence-corrected chi connectivity index (χ0v) is 5.46. The van der Waals surface area contributed by atoms with Crippen molar-refractivity contribution in [2.75, 3.05) is 6.61 Å². The van der Waals surface area contributed by atoms with Gasteiger partial charge in [0.25, 0.3) is 0 Å². The Bertz CT molecular complexity index is 111. The van der Waals surface area contributed by atoms with Crippen molar-refractivity contribution in [2.24, 2.45) is 5.16 Å². The van der Waals surface area contributed by atoms with Gasteiger partial charge in [-0.1, -0.05) is 5.16 Å². The Morgan fingerprint density at radius 3 is 2.89 bits per heavy atom. The Kier molecular flexibility index (Phi) is 4.49. The van der Waals surface area contributed by atoms with Gasteiger partial charge < -0.3 is 9.57 Å². The first kappa shape index (κ1) is 7.94. The van der Waals surface area contributed by atoms with Crippen molar-refractivity contribution in [1.29, 1.82) is 0 Å². The summed E-state index contributed by atoms with van der Waals surface area (Å²) in [6.07, 6.45) is 0.964. The highest BCUT2D eigenvalue weighted by molar-refractivity contribution is 5.75. The van der Waals surface area contributed by atoms with Crippen molar-refractivity contribution in [3.05, 3.63) is 0 Å². The third-order valence-corrected chi connectivity index (χ3v) is 0.465. The van der Waals surface area contributed by atoms with Gasteiger partial charge >= 0.3 is 5.97 Å². The fourth-order valence-electron chi connectivity index (χ4n) is 0.201. The molecule has 0 amide bonds. The Labute approximate surface area is 53.4 Å². The van der Waals surface area contributed by atoms with Crippen LogP contribution in [0.2, 0.25) is 0 Å². The van der Waals surface area contributed by atoms with Crippen molar-refractivity contribution in [3.63, 3.8) is 0 Å². The molecule has 52 valence electrons. The number of ether oxygens (including phenoxy) is 1. The van der Waals surface area contributed by atoms with Crippen LogP contribution >= 0.6 is 0 Å². The number of esters is 1. The topological polar surface area (TPSA) is 47.9 Å². The molecule has 0 unspecified atom stereocenters. The van der Waals surface area contributed by atoms with Crippen molar-refractivity contribution in [1.82, 2.24) is 0 Å². The van der Waals surface area contributed by atoms with Gasteiger partial charge in [-0.25, -0.2) is 0 Å². The van der Waals surface area contributed by atoms with Crippen LogP contribution in [0.25, 0.3) is 0 Å². The molecule has 0 radical (unpaired) electrons. The van der Waals surface area contributed by atoms with E-state index in [9.17, 15) is 4.79 Å². The maximum absolute atomic E-state index is 10.0. The van der Waals surface area contributed by atoms with E-state index in [0.717, 1.165) is 6.40 Å². The molecule has 0 rings (SSSR count). The van der Waals surface area contributed by atoms with Gasteiger partial charge in [-0.3, -0.25) is 4.79 Å². The molecule has 0 atom stereocenters. The molecule has 0 aliphatic rings. The van der Waals surface area contributed by atoms with Crippen molar-refractivity contribution in [2.45, 2.75) is 13.8 Å². The van der Waals surface area contributed by atoms with Gasteiger partial charge in [0.2, 0.25) is 6.40 Å². The quantitative estimate of drug-likeness (QED) is 0.243. The van der Waals surface area contributed by atoms with Crippen molar-refractivity contribution in [3.8, 4) is 0 Å². The largest absolute Gasteiger partial charge is 0.411 e. The van der Waals surface area contributed by atoms with Crippen LogP contribution in [0.15, 0.2) is 5.16 Å². The van der Waals surface area contributed by atoms with Gasteiger partial charge in [0.05, 0.1) is 0 Å². The molecule has 0 spiro atoms. The monoisotopic (exact) mass is 131 g/mol. The van der Waals surface area contributed by atoms with E-state index in [0.29, 0.717) is 6.61 Å². The van der Waals surface area contributed by atoms with E-state index in [1.807, 2.05) is 0 Å². The van der Waals surface area contributed by atoms with E-state index in [2.05, 4.69) is 14.7 Å². The van der Waals surface area contributed by atoms with E-state index in [1.54, 1.807) is 6.92 Å². The minimum Gasteiger partial charge on any atom is -0.411 e. The molecule has 0 aliphatic heterocycles. The minimum atomic E-state index is -0.404. The van der Waals surface area contributed by atoms with Crippen molar-refractivity contribution >= 4 is 12.4 Å². The highest BCUT2D eigenvalue weighted by atomic mass is 16.6. The predicted molar refractivity (Wildman–Crippen MR) is 31.9 cm³/mol. The van der Waals surface area contributed by atoms with E-state index < -0.39 is 5.97 Å². The summed E-state index contributed by atoms with van der Waals surface area (Å²) in [5.74, 6) is -0.404. The van der Waals surface area contributed by atoms with E-state index >= 15 is 0 Å². The SMILES string of the molecule is CCON=COC(C)=O. The Hall–Kier alpha value is -1.06. The highest BCUT2D eigenvalue weighted by Gasteiger charge is 1.83. The lowest BCUT2D eigenvalue weighted by Crippen LogP contribution is -1.95. The molecule has 0 aliphatic carbocycles. The minimum absolute atomic E-state index is 0.404. The molecule has 0 aromatic heterocycles. The maximum Gasteiger partial charge on any atom is 0.309 e. The van der Waals surface area contributed by atoms with Gasteiger partial charge in [-0.15, -0.1) is 0 Å². The van der Waals surface area contributed by atoms with E-state index in [1.165, 1.54) is 6.92 Å². The van der Waals surface area contributed by atoms with Crippen LogP contribution in [0, 0.1) is 0 Å². The van der Waals surface area contributed by atoms with Gasteiger partial charge in [0.1, 0.15) is 6.61 Å². The smallest absolute Gasteiger partial charge is 0.309 e. The van der Waals surface area contributed by atoms with E-state index in [4.69, 9.17) is 0 Å². The number of carbonyl (C=O) groups excluding carboxylic acids is 1. The maximum atomic E-state index is 10.0. The van der Waals surface area contributed by atoms with E-state index in [-0.39, 0.29) is 0 Å². The normalized spacial score (nSPS) is 9.56. The zero-order valence-electron chi connectivity index (χ0n) is 5.46. The molecule has 0 aromatic rings. The molecule has 0 fully saturated rings. The number of nitrogens with zero attached hydrogens (tertiary/aromatic N) is 1. The molecular formula is C5H9NO3. The van der Waals surface area contributed by atoms with Gasteiger partial charge in [0.15, 0.2) is 0 Å². The molecule has 4 nitrogen and oxygen atoms in total. The predicted octanol–water partition coefficient (Wildman–Crippen LogP) is 0.529. The van der Waals surface area contributed by atoms with Crippen molar-refractivity contribution < 1.29 is 14.4 Å². The molecule has 0 heterocycles. The molecular weight excluding hydrogens is 122 g/mol. The van der Waals surface area contributed by atoms with Crippen LogP contribution in [-0.4, -0.2) is 19.0 Å². The number of hydrogen-bond donors (Lipinski definition) is 0. The molecule has 0 N–H and O–H groups in total. The summed E-state index contributed by atoms with van der Waals surface area (Å²) >= 11 is 0.